The smallest absolute Gasteiger partial charge is 0.249 e. The standard InChI is InChI=1S/C19H21ClN2O2/c20-15-8-4-7-14(11-15)18(13-5-2-1-3-6-13)22-19(23)17-10-9-16(12-21)24-17/h1-8,11,16-18H,9-10,12,21H2,(H,22,23)/t16-,17+,18?/m1/s1. The van der Waals surface area contributed by atoms with Crippen LogP contribution in [0.5, 0.6) is 0 Å². The SMILES string of the molecule is NC[C@H]1CC[C@@H](C(=O)NC(c2ccccc2)c2cccc(Cl)c2)O1. The first-order valence-electron chi connectivity index (χ1n) is 8.13. The summed E-state index contributed by atoms with van der Waals surface area (Å²) in [4.78, 5) is 12.6. The second-order valence-corrected chi connectivity index (χ2v) is 6.40. The molecule has 1 aliphatic rings. The van der Waals surface area contributed by atoms with E-state index in [0.717, 1.165) is 17.5 Å². The number of nitrogens with two attached hydrogens (primary N) is 1. The maximum absolute atomic E-state index is 12.6. The number of nitrogens with one attached hydrogen (secondary N) is 1. The van der Waals surface area contributed by atoms with E-state index in [1.807, 2.05) is 54.6 Å². The van der Waals surface area contributed by atoms with E-state index in [1.165, 1.54) is 0 Å². The van der Waals surface area contributed by atoms with Crippen LogP contribution in [0.15, 0.2) is 54.6 Å². The van der Waals surface area contributed by atoms with Crippen molar-refractivity contribution < 1.29 is 9.53 Å². The van der Waals surface area contributed by atoms with Gasteiger partial charge in [-0.1, -0.05) is 54.1 Å². The summed E-state index contributed by atoms with van der Waals surface area (Å²) in [5.41, 5.74) is 7.57. The Hall–Kier alpha value is -1.88. The minimum atomic E-state index is -0.441. The van der Waals surface area contributed by atoms with Gasteiger partial charge in [0.2, 0.25) is 5.91 Å². The van der Waals surface area contributed by atoms with Crippen LogP contribution in [0.4, 0.5) is 0 Å². The van der Waals surface area contributed by atoms with Gasteiger partial charge in [-0.25, -0.2) is 0 Å². The minimum Gasteiger partial charge on any atom is -0.364 e. The molecule has 0 radical (unpaired) electrons. The molecule has 2 aromatic carbocycles. The van der Waals surface area contributed by atoms with Crippen molar-refractivity contribution in [2.24, 2.45) is 5.73 Å². The van der Waals surface area contributed by atoms with E-state index in [-0.39, 0.29) is 18.1 Å². The quantitative estimate of drug-likeness (QED) is 0.876. The third kappa shape index (κ3) is 3.96. The molecular weight excluding hydrogens is 324 g/mol. The molecule has 0 aliphatic carbocycles. The Morgan fingerprint density at radius 2 is 1.92 bits per heavy atom. The van der Waals surface area contributed by atoms with Crippen LogP contribution < -0.4 is 11.1 Å². The van der Waals surface area contributed by atoms with Crippen LogP contribution in [0, 0.1) is 0 Å². The predicted octanol–water partition coefficient (Wildman–Crippen LogP) is 3.05. The molecule has 3 N–H and O–H groups in total. The number of rotatable bonds is 5. The molecule has 1 saturated heterocycles. The molecule has 4 nitrogen and oxygen atoms in total. The van der Waals surface area contributed by atoms with Crippen molar-refractivity contribution >= 4 is 17.5 Å². The zero-order chi connectivity index (χ0) is 16.9. The largest absolute Gasteiger partial charge is 0.364 e. The molecule has 1 fully saturated rings. The second kappa shape index (κ2) is 7.79. The highest BCUT2D eigenvalue weighted by Gasteiger charge is 2.31. The average Bonchev–Trinajstić information content (AvgIpc) is 3.09. The van der Waals surface area contributed by atoms with Crippen LogP contribution in [0.2, 0.25) is 5.02 Å². The number of carbonyl (C=O) groups excluding carboxylic acids is 1. The summed E-state index contributed by atoms with van der Waals surface area (Å²) in [7, 11) is 0. The normalized spacial score (nSPS) is 21.4. The molecule has 24 heavy (non-hydrogen) atoms. The Labute approximate surface area is 147 Å². The number of hydrogen-bond donors (Lipinski definition) is 2. The van der Waals surface area contributed by atoms with Crippen molar-refractivity contribution in [3.63, 3.8) is 0 Å². The summed E-state index contributed by atoms with van der Waals surface area (Å²) in [5, 5.41) is 3.74. The maximum Gasteiger partial charge on any atom is 0.249 e. The van der Waals surface area contributed by atoms with Crippen molar-refractivity contribution in [1.29, 1.82) is 0 Å². The van der Waals surface area contributed by atoms with E-state index in [9.17, 15) is 4.79 Å². The van der Waals surface area contributed by atoms with Gasteiger partial charge in [-0.3, -0.25) is 4.79 Å². The lowest BCUT2D eigenvalue weighted by Crippen LogP contribution is -2.38. The first kappa shape index (κ1) is 17.0. The van der Waals surface area contributed by atoms with E-state index in [4.69, 9.17) is 22.1 Å². The van der Waals surface area contributed by atoms with Crippen molar-refractivity contribution in [3.8, 4) is 0 Å². The lowest BCUT2D eigenvalue weighted by atomic mass is 9.98. The Kier molecular flexibility index (Phi) is 5.51. The number of halogens is 1. The zero-order valence-corrected chi connectivity index (χ0v) is 14.1. The van der Waals surface area contributed by atoms with Gasteiger partial charge < -0.3 is 15.8 Å². The molecule has 0 spiro atoms. The Balaban J connectivity index is 1.82. The van der Waals surface area contributed by atoms with E-state index in [1.54, 1.807) is 0 Å². The lowest BCUT2D eigenvalue weighted by Gasteiger charge is -2.22. The van der Waals surface area contributed by atoms with Gasteiger partial charge in [0.1, 0.15) is 6.10 Å². The highest BCUT2D eigenvalue weighted by molar-refractivity contribution is 6.30. The number of carbonyl (C=O) groups is 1. The van der Waals surface area contributed by atoms with Crippen LogP contribution in [0.1, 0.15) is 30.0 Å². The van der Waals surface area contributed by atoms with Crippen LogP contribution in [0.3, 0.4) is 0 Å². The summed E-state index contributed by atoms with van der Waals surface area (Å²) in [6, 6.07) is 17.1. The van der Waals surface area contributed by atoms with E-state index in [2.05, 4.69) is 5.32 Å². The number of amides is 1. The van der Waals surface area contributed by atoms with Crippen molar-refractivity contribution in [2.45, 2.75) is 31.1 Å². The molecule has 3 rings (SSSR count). The van der Waals surface area contributed by atoms with E-state index < -0.39 is 6.10 Å². The van der Waals surface area contributed by atoms with Gasteiger partial charge in [-0.2, -0.15) is 0 Å². The fourth-order valence-electron chi connectivity index (χ4n) is 3.00. The minimum absolute atomic E-state index is 0.0258. The molecule has 126 valence electrons. The maximum atomic E-state index is 12.6. The summed E-state index contributed by atoms with van der Waals surface area (Å²) in [6.07, 6.45) is 1.05. The Morgan fingerprint density at radius 3 is 2.58 bits per heavy atom. The number of ether oxygens (including phenoxy) is 1. The molecule has 3 atom stereocenters. The number of hydrogen-bond acceptors (Lipinski definition) is 3. The van der Waals surface area contributed by atoms with Crippen LogP contribution in [-0.2, 0) is 9.53 Å². The highest BCUT2D eigenvalue weighted by atomic mass is 35.5. The van der Waals surface area contributed by atoms with Crippen LogP contribution in [0.25, 0.3) is 0 Å². The zero-order valence-electron chi connectivity index (χ0n) is 13.3. The lowest BCUT2D eigenvalue weighted by molar-refractivity contribution is -0.132. The van der Waals surface area contributed by atoms with Gasteiger partial charge in [0, 0.05) is 11.6 Å². The molecule has 1 amide bonds. The predicted molar refractivity (Wildman–Crippen MR) is 94.8 cm³/mol. The molecule has 2 aromatic rings. The number of benzene rings is 2. The second-order valence-electron chi connectivity index (χ2n) is 5.97. The van der Waals surface area contributed by atoms with E-state index >= 15 is 0 Å². The summed E-state index contributed by atoms with van der Waals surface area (Å²) in [6.45, 7) is 0.445. The van der Waals surface area contributed by atoms with Crippen LogP contribution >= 0.6 is 11.6 Å². The van der Waals surface area contributed by atoms with Gasteiger partial charge in [0.15, 0.2) is 0 Å². The highest BCUT2D eigenvalue weighted by Crippen LogP contribution is 2.26. The molecular formula is C19H21ClN2O2. The van der Waals surface area contributed by atoms with Crippen molar-refractivity contribution in [2.75, 3.05) is 6.54 Å². The van der Waals surface area contributed by atoms with Crippen LogP contribution in [-0.4, -0.2) is 24.7 Å². The molecule has 0 saturated carbocycles. The molecule has 5 heteroatoms. The first-order chi connectivity index (χ1) is 11.7. The van der Waals surface area contributed by atoms with Gasteiger partial charge in [0.25, 0.3) is 0 Å². The molecule has 0 aromatic heterocycles. The Morgan fingerprint density at radius 1 is 1.17 bits per heavy atom. The monoisotopic (exact) mass is 344 g/mol. The van der Waals surface area contributed by atoms with Gasteiger partial charge in [-0.05, 0) is 36.1 Å². The molecule has 0 bridgehead atoms. The van der Waals surface area contributed by atoms with Gasteiger partial charge in [0.05, 0.1) is 12.1 Å². The van der Waals surface area contributed by atoms with Gasteiger partial charge in [-0.15, -0.1) is 0 Å². The van der Waals surface area contributed by atoms with Gasteiger partial charge >= 0.3 is 0 Å². The summed E-state index contributed by atoms with van der Waals surface area (Å²) >= 11 is 6.13. The third-order valence-corrected chi connectivity index (χ3v) is 4.50. The first-order valence-corrected chi connectivity index (χ1v) is 8.51. The fourth-order valence-corrected chi connectivity index (χ4v) is 3.20. The molecule has 1 heterocycles. The van der Waals surface area contributed by atoms with Crippen molar-refractivity contribution in [3.05, 3.63) is 70.7 Å². The average molecular weight is 345 g/mol. The fraction of sp³-hybridized carbons (Fsp3) is 0.316. The molecule has 1 unspecified atom stereocenters. The summed E-state index contributed by atoms with van der Waals surface area (Å²) < 4.78 is 5.71. The Bertz CT molecular complexity index is 693. The van der Waals surface area contributed by atoms with Crippen molar-refractivity contribution in [1.82, 2.24) is 5.32 Å². The third-order valence-electron chi connectivity index (χ3n) is 4.26. The van der Waals surface area contributed by atoms with E-state index in [0.29, 0.717) is 18.0 Å². The molecule has 1 aliphatic heterocycles. The topological polar surface area (TPSA) is 64.4 Å². The summed E-state index contributed by atoms with van der Waals surface area (Å²) in [5.74, 6) is -0.111.